The Morgan fingerprint density at radius 3 is 2.50 bits per heavy atom. The first-order valence-corrected chi connectivity index (χ1v) is 6.87. The fourth-order valence-corrected chi connectivity index (χ4v) is 2.00. The molecule has 106 valence electrons. The molecule has 0 fully saturated rings. The minimum atomic E-state index is -0.399. The highest BCUT2D eigenvalue weighted by Crippen LogP contribution is 2.22. The van der Waals surface area contributed by atoms with E-state index in [9.17, 15) is 4.39 Å². The molecular formula is C17H20FNO. The van der Waals surface area contributed by atoms with Gasteiger partial charge >= 0.3 is 0 Å². The molecule has 3 heteroatoms. The lowest BCUT2D eigenvalue weighted by atomic mass is 9.99. The van der Waals surface area contributed by atoms with Gasteiger partial charge in [-0.25, -0.2) is 4.39 Å². The molecule has 2 rings (SSSR count). The third-order valence-corrected chi connectivity index (χ3v) is 3.56. The van der Waals surface area contributed by atoms with Gasteiger partial charge in [0, 0.05) is 5.56 Å². The molecule has 2 aromatic carbocycles. The number of hydrogen-bond donors (Lipinski definition) is 1. The van der Waals surface area contributed by atoms with Crippen molar-refractivity contribution in [1.29, 1.82) is 0 Å². The molecular weight excluding hydrogens is 253 g/mol. The number of benzene rings is 2. The Morgan fingerprint density at radius 1 is 1.15 bits per heavy atom. The van der Waals surface area contributed by atoms with Crippen molar-refractivity contribution in [2.45, 2.75) is 32.8 Å². The molecule has 0 radical (unpaired) electrons. The molecule has 0 heterocycles. The lowest BCUT2D eigenvalue weighted by Gasteiger charge is -2.11. The van der Waals surface area contributed by atoms with Crippen molar-refractivity contribution in [2.24, 2.45) is 0 Å². The van der Waals surface area contributed by atoms with Gasteiger partial charge in [-0.05, 0) is 36.1 Å². The van der Waals surface area contributed by atoms with Crippen molar-refractivity contribution >= 4 is 5.69 Å². The highest BCUT2D eigenvalue weighted by Gasteiger charge is 2.07. The quantitative estimate of drug-likeness (QED) is 0.814. The third kappa shape index (κ3) is 3.29. The molecule has 0 saturated carbocycles. The van der Waals surface area contributed by atoms with E-state index < -0.39 is 5.82 Å². The average molecular weight is 273 g/mol. The first-order chi connectivity index (χ1) is 9.61. The second-order valence-corrected chi connectivity index (χ2v) is 4.99. The lowest BCUT2D eigenvalue weighted by molar-refractivity contribution is 0.300. The largest absolute Gasteiger partial charge is 0.489 e. The number of rotatable bonds is 5. The van der Waals surface area contributed by atoms with E-state index in [1.165, 1.54) is 5.56 Å². The van der Waals surface area contributed by atoms with E-state index in [2.05, 4.69) is 26.0 Å². The molecule has 0 spiro atoms. The Hall–Kier alpha value is -2.03. The van der Waals surface area contributed by atoms with Crippen molar-refractivity contribution < 1.29 is 9.13 Å². The molecule has 0 amide bonds. The summed E-state index contributed by atoms with van der Waals surface area (Å²) in [5, 5.41) is 0. The molecule has 2 nitrogen and oxygen atoms in total. The highest BCUT2D eigenvalue weighted by atomic mass is 19.1. The van der Waals surface area contributed by atoms with Gasteiger partial charge < -0.3 is 10.5 Å². The van der Waals surface area contributed by atoms with Crippen LogP contribution in [0.5, 0.6) is 5.75 Å². The molecule has 1 atom stereocenters. The number of nitrogens with two attached hydrogens (primary N) is 1. The number of nitrogen functional groups attached to an aromatic ring is 1. The molecule has 2 aromatic rings. The second-order valence-electron chi connectivity index (χ2n) is 4.99. The van der Waals surface area contributed by atoms with Gasteiger partial charge in [-0.1, -0.05) is 38.1 Å². The maximum absolute atomic E-state index is 13.7. The monoisotopic (exact) mass is 273 g/mol. The summed E-state index contributed by atoms with van der Waals surface area (Å²) in [6.45, 7) is 4.54. The predicted molar refractivity (Wildman–Crippen MR) is 80.3 cm³/mol. The van der Waals surface area contributed by atoms with Crippen LogP contribution in [-0.4, -0.2) is 0 Å². The summed E-state index contributed by atoms with van der Waals surface area (Å²) in [4.78, 5) is 0. The summed E-state index contributed by atoms with van der Waals surface area (Å²) in [5.41, 5.74) is 7.43. The van der Waals surface area contributed by atoms with Gasteiger partial charge in [-0.2, -0.15) is 0 Å². The Morgan fingerprint density at radius 2 is 1.85 bits per heavy atom. The van der Waals surface area contributed by atoms with Gasteiger partial charge in [0.25, 0.3) is 0 Å². The highest BCUT2D eigenvalue weighted by molar-refractivity contribution is 5.42. The van der Waals surface area contributed by atoms with E-state index in [1.807, 2.05) is 12.1 Å². The van der Waals surface area contributed by atoms with Crippen LogP contribution in [0.25, 0.3) is 0 Å². The summed E-state index contributed by atoms with van der Waals surface area (Å²) in [6.07, 6.45) is 1.11. The van der Waals surface area contributed by atoms with Crippen LogP contribution < -0.4 is 10.5 Å². The first kappa shape index (κ1) is 14.4. The van der Waals surface area contributed by atoms with Gasteiger partial charge in [-0.15, -0.1) is 0 Å². The van der Waals surface area contributed by atoms with E-state index in [0.717, 1.165) is 12.2 Å². The van der Waals surface area contributed by atoms with Crippen LogP contribution in [0, 0.1) is 5.82 Å². The van der Waals surface area contributed by atoms with Crippen LogP contribution in [0.2, 0.25) is 0 Å². The minimum Gasteiger partial charge on any atom is -0.489 e. The van der Waals surface area contributed by atoms with Gasteiger partial charge in [0.1, 0.15) is 12.4 Å². The summed E-state index contributed by atoms with van der Waals surface area (Å²) in [6, 6.07) is 12.9. The van der Waals surface area contributed by atoms with E-state index >= 15 is 0 Å². The van der Waals surface area contributed by atoms with Crippen LogP contribution in [0.4, 0.5) is 10.1 Å². The second kappa shape index (κ2) is 6.42. The average Bonchev–Trinajstić information content (AvgIpc) is 2.48. The molecule has 1 unspecified atom stereocenters. The number of anilines is 1. The summed E-state index contributed by atoms with van der Waals surface area (Å²) in [5.74, 6) is 0.873. The maximum Gasteiger partial charge on any atom is 0.152 e. The fourth-order valence-electron chi connectivity index (χ4n) is 2.00. The van der Waals surface area contributed by atoms with Gasteiger partial charge in [-0.3, -0.25) is 0 Å². The van der Waals surface area contributed by atoms with Gasteiger partial charge in [0.2, 0.25) is 0 Å². The number of halogens is 1. The zero-order valence-corrected chi connectivity index (χ0v) is 11.9. The standard InChI is InChI=1S/C17H20FNO/c1-3-12(2)13-7-9-15(10-8-13)20-11-14-5-4-6-16(19)17(14)18/h4-10,12H,3,11,19H2,1-2H3. The number of ether oxygens (including phenoxy) is 1. The van der Waals surface area contributed by atoms with E-state index in [0.29, 0.717) is 11.5 Å². The van der Waals surface area contributed by atoms with Gasteiger partial charge in [0.15, 0.2) is 5.82 Å². The fraction of sp³-hybridized carbons (Fsp3) is 0.294. The van der Waals surface area contributed by atoms with Gasteiger partial charge in [0.05, 0.1) is 5.69 Å². The van der Waals surface area contributed by atoms with Crippen LogP contribution >= 0.6 is 0 Å². The van der Waals surface area contributed by atoms with E-state index in [1.54, 1.807) is 18.2 Å². The summed E-state index contributed by atoms with van der Waals surface area (Å²) in [7, 11) is 0. The molecule has 0 bridgehead atoms. The molecule has 0 aliphatic heterocycles. The minimum absolute atomic E-state index is 0.151. The Kier molecular flexibility index (Phi) is 4.61. The van der Waals surface area contributed by atoms with Crippen molar-refractivity contribution in [1.82, 2.24) is 0 Å². The Balaban J connectivity index is 2.02. The summed E-state index contributed by atoms with van der Waals surface area (Å²) < 4.78 is 19.3. The summed E-state index contributed by atoms with van der Waals surface area (Å²) >= 11 is 0. The SMILES string of the molecule is CCC(C)c1ccc(OCc2cccc(N)c2F)cc1. The van der Waals surface area contributed by atoms with E-state index in [4.69, 9.17) is 10.5 Å². The smallest absolute Gasteiger partial charge is 0.152 e. The van der Waals surface area contributed by atoms with Crippen molar-refractivity contribution in [2.75, 3.05) is 5.73 Å². The van der Waals surface area contributed by atoms with Crippen molar-refractivity contribution in [3.8, 4) is 5.75 Å². The predicted octanol–water partition coefficient (Wildman–Crippen LogP) is 4.50. The Labute approximate surface area is 119 Å². The molecule has 0 saturated heterocycles. The molecule has 0 aromatic heterocycles. The zero-order valence-electron chi connectivity index (χ0n) is 11.9. The van der Waals surface area contributed by atoms with Crippen LogP contribution in [-0.2, 0) is 6.61 Å². The maximum atomic E-state index is 13.7. The van der Waals surface area contributed by atoms with Crippen molar-refractivity contribution in [3.05, 3.63) is 59.4 Å². The zero-order chi connectivity index (χ0) is 14.5. The topological polar surface area (TPSA) is 35.2 Å². The molecule has 0 aliphatic rings. The Bertz CT molecular complexity index is 566. The first-order valence-electron chi connectivity index (χ1n) is 6.87. The van der Waals surface area contributed by atoms with Crippen molar-refractivity contribution in [3.63, 3.8) is 0 Å². The molecule has 20 heavy (non-hydrogen) atoms. The lowest BCUT2D eigenvalue weighted by Crippen LogP contribution is -2.01. The van der Waals surface area contributed by atoms with Crippen LogP contribution in [0.15, 0.2) is 42.5 Å². The molecule has 2 N–H and O–H groups in total. The van der Waals surface area contributed by atoms with E-state index in [-0.39, 0.29) is 12.3 Å². The third-order valence-electron chi connectivity index (χ3n) is 3.56. The normalized spacial score (nSPS) is 12.2. The molecule has 0 aliphatic carbocycles. The van der Waals surface area contributed by atoms with Crippen LogP contribution in [0.1, 0.15) is 37.3 Å². The number of hydrogen-bond acceptors (Lipinski definition) is 2. The van der Waals surface area contributed by atoms with Crippen LogP contribution in [0.3, 0.4) is 0 Å².